The Balaban J connectivity index is 2.19. The molecular weight excluding hydrogens is 216 g/mol. The van der Waals surface area contributed by atoms with Crippen LogP contribution >= 0.6 is 0 Å². The van der Waals surface area contributed by atoms with Gasteiger partial charge >= 0.3 is 6.16 Å². The van der Waals surface area contributed by atoms with Crippen molar-refractivity contribution in [1.29, 1.82) is 0 Å². The Morgan fingerprint density at radius 2 is 2.06 bits per heavy atom. The molecule has 0 radical (unpaired) electrons. The number of ether oxygens (including phenoxy) is 2. The van der Waals surface area contributed by atoms with Crippen molar-refractivity contribution in [1.82, 2.24) is 0 Å². The van der Waals surface area contributed by atoms with Gasteiger partial charge in [-0.15, -0.1) is 5.92 Å². The van der Waals surface area contributed by atoms with Crippen molar-refractivity contribution in [2.45, 2.75) is 32.0 Å². The van der Waals surface area contributed by atoms with Gasteiger partial charge in [0.05, 0.1) is 0 Å². The lowest BCUT2D eigenvalue weighted by atomic mass is 9.94. The second-order valence-corrected chi connectivity index (χ2v) is 4.13. The van der Waals surface area contributed by atoms with Crippen LogP contribution < -0.4 is 0 Å². The topological polar surface area (TPSA) is 35.5 Å². The first-order valence-electron chi connectivity index (χ1n) is 5.51. The largest absolute Gasteiger partial charge is 0.510 e. The number of cyclic esters (lactones) is 2. The molecule has 2 rings (SSSR count). The first-order chi connectivity index (χ1) is 8.14. The summed E-state index contributed by atoms with van der Waals surface area (Å²) in [5, 5.41) is 0. The standard InChI is InChI=1S/C14H14O3/c1-3-9-14(2)12(16-13(15)17-14)10-11-7-5-4-6-8-11/h4-8,12H,10H2,1-2H3. The number of rotatable bonds is 2. The van der Waals surface area contributed by atoms with Crippen molar-refractivity contribution in [2.75, 3.05) is 0 Å². The Bertz CT molecular complexity index is 469. The fourth-order valence-corrected chi connectivity index (χ4v) is 1.91. The predicted molar refractivity (Wildman–Crippen MR) is 63.4 cm³/mol. The van der Waals surface area contributed by atoms with Gasteiger partial charge in [0.1, 0.15) is 0 Å². The summed E-state index contributed by atoms with van der Waals surface area (Å²) in [6.07, 6.45) is -0.390. The minimum absolute atomic E-state index is 0.357. The predicted octanol–water partition coefficient (Wildman–Crippen LogP) is 2.55. The molecule has 88 valence electrons. The molecule has 2 atom stereocenters. The molecule has 3 heteroatoms. The van der Waals surface area contributed by atoms with Crippen molar-refractivity contribution in [3.05, 3.63) is 35.9 Å². The van der Waals surface area contributed by atoms with E-state index in [0.717, 1.165) is 5.56 Å². The molecule has 0 amide bonds. The monoisotopic (exact) mass is 230 g/mol. The van der Waals surface area contributed by atoms with Gasteiger partial charge in [0.25, 0.3) is 0 Å². The minimum Gasteiger partial charge on any atom is -0.425 e. The first kappa shape index (κ1) is 11.5. The van der Waals surface area contributed by atoms with Gasteiger partial charge in [0.15, 0.2) is 6.10 Å². The third kappa shape index (κ3) is 2.42. The van der Waals surface area contributed by atoms with Crippen LogP contribution in [0.5, 0.6) is 0 Å². The van der Waals surface area contributed by atoms with Crippen molar-refractivity contribution < 1.29 is 14.3 Å². The molecule has 1 aromatic rings. The minimum atomic E-state index is -0.846. The lowest BCUT2D eigenvalue weighted by molar-refractivity contribution is 0.0985. The van der Waals surface area contributed by atoms with Crippen molar-refractivity contribution in [2.24, 2.45) is 0 Å². The summed E-state index contributed by atoms with van der Waals surface area (Å²) in [7, 11) is 0. The number of hydrogen-bond donors (Lipinski definition) is 0. The number of benzene rings is 1. The first-order valence-corrected chi connectivity index (χ1v) is 5.51. The zero-order chi connectivity index (χ0) is 12.3. The lowest BCUT2D eigenvalue weighted by Crippen LogP contribution is -2.36. The average molecular weight is 230 g/mol. The molecule has 2 unspecified atom stereocenters. The maximum Gasteiger partial charge on any atom is 0.510 e. The van der Waals surface area contributed by atoms with E-state index in [1.807, 2.05) is 30.3 Å². The Hall–Kier alpha value is -1.95. The van der Waals surface area contributed by atoms with Crippen LogP contribution in [0.2, 0.25) is 0 Å². The van der Waals surface area contributed by atoms with Crippen molar-refractivity contribution in [3.63, 3.8) is 0 Å². The van der Waals surface area contributed by atoms with E-state index in [1.165, 1.54) is 0 Å². The van der Waals surface area contributed by atoms with E-state index in [2.05, 4.69) is 11.8 Å². The highest BCUT2D eigenvalue weighted by Crippen LogP contribution is 2.29. The highest BCUT2D eigenvalue weighted by Gasteiger charge is 2.46. The Labute approximate surface area is 101 Å². The van der Waals surface area contributed by atoms with Crippen LogP contribution in [0.15, 0.2) is 30.3 Å². The zero-order valence-corrected chi connectivity index (χ0v) is 9.90. The van der Waals surface area contributed by atoms with Crippen LogP contribution in [-0.4, -0.2) is 17.9 Å². The van der Waals surface area contributed by atoms with Crippen LogP contribution in [0.1, 0.15) is 19.4 Å². The molecule has 0 N–H and O–H groups in total. The van der Waals surface area contributed by atoms with Gasteiger partial charge in [-0.1, -0.05) is 36.3 Å². The van der Waals surface area contributed by atoms with E-state index >= 15 is 0 Å². The van der Waals surface area contributed by atoms with Crippen molar-refractivity contribution in [3.8, 4) is 11.8 Å². The maximum absolute atomic E-state index is 11.2. The quantitative estimate of drug-likeness (QED) is 0.578. The SMILES string of the molecule is CC#CC1(C)OC(=O)OC1Cc1ccccc1. The summed E-state index contributed by atoms with van der Waals surface area (Å²) >= 11 is 0. The number of carbonyl (C=O) groups is 1. The molecular formula is C14H14O3. The van der Waals surface area contributed by atoms with Gasteiger partial charge in [-0.3, -0.25) is 0 Å². The van der Waals surface area contributed by atoms with E-state index in [0.29, 0.717) is 6.42 Å². The van der Waals surface area contributed by atoms with Gasteiger partial charge in [0.2, 0.25) is 5.60 Å². The second-order valence-electron chi connectivity index (χ2n) is 4.13. The molecule has 3 nitrogen and oxygen atoms in total. The van der Waals surface area contributed by atoms with E-state index in [9.17, 15) is 4.79 Å². The maximum atomic E-state index is 11.2. The number of carbonyl (C=O) groups excluding carboxylic acids is 1. The average Bonchev–Trinajstić information content (AvgIpc) is 2.55. The van der Waals surface area contributed by atoms with Gasteiger partial charge in [-0.25, -0.2) is 4.79 Å². The molecule has 1 aliphatic heterocycles. The van der Waals surface area contributed by atoms with E-state index in [4.69, 9.17) is 9.47 Å². The lowest BCUT2D eigenvalue weighted by Gasteiger charge is -2.20. The molecule has 17 heavy (non-hydrogen) atoms. The van der Waals surface area contributed by atoms with Crippen LogP contribution in [0, 0.1) is 11.8 Å². The van der Waals surface area contributed by atoms with Crippen molar-refractivity contribution >= 4 is 6.16 Å². The summed E-state index contributed by atoms with van der Waals surface area (Å²) in [6, 6.07) is 9.84. The second kappa shape index (κ2) is 4.50. The normalized spacial score (nSPS) is 26.7. The van der Waals surface area contributed by atoms with Crippen LogP contribution in [0.3, 0.4) is 0 Å². The fraction of sp³-hybridized carbons (Fsp3) is 0.357. The molecule has 1 fully saturated rings. The van der Waals surface area contributed by atoms with Gasteiger partial charge in [-0.2, -0.15) is 0 Å². The Morgan fingerprint density at radius 3 is 2.71 bits per heavy atom. The third-order valence-corrected chi connectivity index (χ3v) is 2.79. The molecule has 0 aromatic heterocycles. The number of hydrogen-bond acceptors (Lipinski definition) is 3. The van der Waals surface area contributed by atoms with E-state index in [-0.39, 0.29) is 6.10 Å². The molecule has 1 aromatic carbocycles. The highest BCUT2D eigenvalue weighted by molar-refractivity contribution is 5.64. The molecule has 1 heterocycles. The smallest absolute Gasteiger partial charge is 0.425 e. The summed E-state index contributed by atoms with van der Waals surface area (Å²) in [6.45, 7) is 3.50. The van der Waals surface area contributed by atoms with Crippen LogP contribution in [0.4, 0.5) is 4.79 Å². The van der Waals surface area contributed by atoms with Gasteiger partial charge in [0, 0.05) is 6.42 Å². The zero-order valence-electron chi connectivity index (χ0n) is 9.90. The molecule has 0 aliphatic carbocycles. The molecule has 1 aliphatic rings. The molecule has 0 spiro atoms. The van der Waals surface area contributed by atoms with Gasteiger partial charge < -0.3 is 9.47 Å². The molecule has 1 saturated heterocycles. The molecule has 0 saturated carbocycles. The highest BCUT2D eigenvalue weighted by atomic mass is 16.8. The van der Waals surface area contributed by atoms with Crippen LogP contribution in [-0.2, 0) is 15.9 Å². The van der Waals surface area contributed by atoms with Gasteiger partial charge in [-0.05, 0) is 19.4 Å². The summed E-state index contributed by atoms with van der Waals surface area (Å²) in [5.74, 6) is 5.68. The van der Waals surface area contributed by atoms with Crippen LogP contribution in [0.25, 0.3) is 0 Å². The summed E-state index contributed by atoms with van der Waals surface area (Å²) < 4.78 is 10.3. The summed E-state index contributed by atoms with van der Waals surface area (Å²) in [4.78, 5) is 11.2. The van der Waals surface area contributed by atoms with E-state index in [1.54, 1.807) is 13.8 Å². The Morgan fingerprint density at radius 1 is 1.35 bits per heavy atom. The molecule has 0 bridgehead atoms. The Kier molecular flexibility index (Phi) is 3.06. The fourth-order valence-electron chi connectivity index (χ4n) is 1.91. The third-order valence-electron chi connectivity index (χ3n) is 2.79. The summed E-state index contributed by atoms with van der Waals surface area (Å²) in [5.41, 5.74) is 0.252. The van der Waals surface area contributed by atoms with E-state index < -0.39 is 11.8 Å².